The van der Waals surface area contributed by atoms with Gasteiger partial charge in [-0.1, -0.05) is 32.3 Å². The molecule has 1 aliphatic rings. The first-order valence-electron chi connectivity index (χ1n) is 8.76. The van der Waals surface area contributed by atoms with Gasteiger partial charge in [0.2, 0.25) is 0 Å². The molecule has 0 aromatic carbocycles. The number of hydrogen-bond donors (Lipinski definition) is 2. The van der Waals surface area contributed by atoms with Crippen molar-refractivity contribution < 1.29 is 4.74 Å². The maximum absolute atomic E-state index is 6.22. The number of aromatic nitrogens is 1. The van der Waals surface area contributed by atoms with Gasteiger partial charge in [0.25, 0.3) is 0 Å². The summed E-state index contributed by atoms with van der Waals surface area (Å²) in [6, 6.07) is 5.93. The molecule has 0 radical (unpaired) electrons. The molecule has 1 fully saturated rings. The van der Waals surface area contributed by atoms with Crippen LogP contribution in [0.2, 0.25) is 0 Å². The zero-order valence-electron chi connectivity index (χ0n) is 14.9. The molecule has 0 spiro atoms. The van der Waals surface area contributed by atoms with Gasteiger partial charge >= 0.3 is 0 Å². The van der Waals surface area contributed by atoms with E-state index in [2.05, 4.69) is 27.5 Å². The molecule has 0 saturated heterocycles. The summed E-state index contributed by atoms with van der Waals surface area (Å²) < 4.78 is 6.22. The molecule has 6 heteroatoms. The third kappa shape index (κ3) is 6.93. The van der Waals surface area contributed by atoms with Crippen LogP contribution in [-0.2, 0) is 11.3 Å². The van der Waals surface area contributed by atoms with Gasteiger partial charge < -0.3 is 15.4 Å². The summed E-state index contributed by atoms with van der Waals surface area (Å²) >= 11 is 0. The number of halogens is 1. The highest BCUT2D eigenvalue weighted by Crippen LogP contribution is 2.31. The zero-order chi connectivity index (χ0) is 16.4. The van der Waals surface area contributed by atoms with Crippen LogP contribution >= 0.6 is 24.0 Å². The minimum absolute atomic E-state index is 0. The monoisotopic (exact) mass is 446 g/mol. The Bertz CT molecular complexity index is 475. The number of nitrogens with zero attached hydrogens (tertiary/aromatic N) is 2. The Morgan fingerprint density at radius 1 is 1.25 bits per heavy atom. The fraction of sp³-hybridized carbons (Fsp3) is 0.667. The molecule has 24 heavy (non-hydrogen) atoms. The third-order valence-corrected chi connectivity index (χ3v) is 4.34. The van der Waals surface area contributed by atoms with E-state index in [4.69, 9.17) is 4.74 Å². The fourth-order valence-electron chi connectivity index (χ4n) is 3.03. The number of ether oxygens (including phenoxy) is 1. The first-order valence-corrected chi connectivity index (χ1v) is 8.76. The number of nitrogens with one attached hydrogen (secondary N) is 2. The van der Waals surface area contributed by atoms with Gasteiger partial charge in [-0.15, -0.1) is 24.0 Å². The largest absolute Gasteiger partial charge is 0.373 e. The van der Waals surface area contributed by atoms with E-state index in [9.17, 15) is 0 Å². The Morgan fingerprint density at radius 2 is 2.04 bits per heavy atom. The summed E-state index contributed by atoms with van der Waals surface area (Å²) in [5, 5.41) is 6.76. The second-order valence-corrected chi connectivity index (χ2v) is 6.19. The lowest BCUT2D eigenvalue weighted by Gasteiger charge is -2.37. The van der Waals surface area contributed by atoms with Crippen molar-refractivity contribution in [3.05, 3.63) is 30.1 Å². The number of aliphatic imine (C=N–C) groups is 1. The molecule has 1 aromatic heterocycles. The van der Waals surface area contributed by atoms with Crippen LogP contribution in [0, 0.1) is 0 Å². The summed E-state index contributed by atoms with van der Waals surface area (Å²) in [5.41, 5.74) is 0.974. The van der Waals surface area contributed by atoms with E-state index >= 15 is 0 Å². The van der Waals surface area contributed by atoms with Crippen molar-refractivity contribution in [3.8, 4) is 0 Å². The quantitative estimate of drug-likeness (QED) is 0.383. The molecule has 2 N–H and O–H groups in total. The average molecular weight is 446 g/mol. The van der Waals surface area contributed by atoms with Crippen LogP contribution in [0.15, 0.2) is 29.4 Å². The summed E-state index contributed by atoms with van der Waals surface area (Å²) in [6.45, 7) is 4.48. The number of hydrogen-bond acceptors (Lipinski definition) is 3. The van der Waals surface area contributed by atoms with E-state index in [0.29, 0.717) is 6.54 Å². The highest BCUT2D eigenvalue weighted by molar-refractivity contribution is 14.0. The molecule has 1 aromatic rings. The molecular formula is C18H31IN4O. The Balaban J connectivity index is 0.00000288. The van der Waals surface area contributed by atoms with Gasteiger partial charge in [0.05, 0.1) is 17.8 Å². The molecule has 0 unspecified atom stereocenters. The maximum atomic E-state index is 6.22. The van der Waals surface area contributed by atoms with Gasteiger partial charge in [-0.2, -0.15) is 0 Å². The van der Waals surface area contributed by atoms with Crippen LogP contribution in [0.1, 0.15) is 51.1 Å². The molecule has 2 rings (SSSR count). The molecule has 0 amide bonds. The van der Waals surface area contributed by atoms with Crippen molar-refractivity contribution in [3.63, 3.8) is 0 Å². The number of rotatable bonds is 7. The van der Waals surface area contributed by atoms with Crippen LogP contribution in [0.5, 0.6) is 0 Å². The average Bonchev–Trinajstić information content (AvgIpc) is 2.62. The van der Waals surface area contributed by atoms with Gasteiger partial charge in [0.1, 0.15) is 0 Å². The van der Waals surface area contributed by atoms with E-state index in [1.807, 2.05) is 24.4 Å². The van der Waals surface area contributed by atoms with Crippen LogP contribution in [-0.4, -0.2) is 36.7 Å². The Morgan fingerprint density at radius 3 is 2.67 bits per heavy atom. The van der Waals surface area contributed by atoms with Gasteiger partial charge in [0, 0.05) is 26.4 Å². The molecule has 136 valence electrons. The predicted octanol–water partition coefficient (Wildman–Crippen LogP) is 3.49. The van der Waals surface area contributed by atoms with Crippen LogP contribution in [0.25, 0.3) is 0 Å². The van der Waals surface area contributed by atoms with Crippen LogP contribution < -0.4 is 10.6 Å². The van der Waals surface area contributed by atoms with Crippen molar-refractivity contribution in [2.45, 2.75) is 57.6 Å². The third-order valence-electron chi connectivity index (χ3n) is 4.34. The van der Waals surface area contributed by atoms with Gasteiger partial charge in [-0.25, -0.2) is 0 Å². The van der Waals surface area contributed by atoms with Crippen LogP contribution in [0.3, 0.4) is 0 Å². The smallest absolute Gasteiger partial charge is 0.191 e. The Labute approximate surface area is 163 Å². The van der Waals surface area contributed by atoms with Crippen molar-refractivity contribution in [1.82, 2.24) is 15.6 Å². The highest BCUT2D eigenvalue weighted by atomic mass is 127. The Kier molecular flexibility index (Phi) is 10.2. The van der Waals surface area contributed by atoms with Crippen molar-refractivity contribution in [1.29, 1.82) is 0 Å². The van der Waals surface area contributed by atoms with E-state index in [0.717, 1.165) is 44.1 Å². The summed E-state index contributed by atoms with van der Waals surface area (Å²) in [5.74, 6) is 0.806. The minimum Gasteiger partial charge on any atom is -0.373 e. The van der Waals surface area contributed by atoms with Gasteiger partial charge in [0.15, 0.2) is 5.96 Å². The van der Waals surface area contributed by atoms with Crippen molar-refractivity contribution in [2.75, 3.05) is 20.2 Å². The summed E-state index contributed by atoms with van der Waals surface area (Å²) in [6.07, 6.45) is 8.98. The Hall–Kier alpha value is -0.890. The first-order chi connectivity index (χ1) is 11.3. The fourth-order valence-corrected chi connectivity index (χ4v) is 3.03. The molecular weight excluding hydrogens is 415 g/mol. The lowest BCUT2D eigenvalue weighted by molar-refractivity contribution is -0.0657. The maximum Gasteiger partial charge on any atom is 0.191 e. The SMILES string of the molecule is CCCOC1(CNC(=NC)NCc2ccccn2)CCCCC1.I. The first kappa shape index (κ1) is 21.2. The zero-order valence-corrected chi connectivity index (χ0v) is 17.2. The molecule has 5 nitrogen and oxygen atoms in total. The topological polar surface area (TPSA) is 58.5 Å². The predicted molar refractivity (Wildman–Crippen MR) is 110 cm³/mol. The molecule has 1 aliphatic carbocycles. The molecule has 0 aliphatic heterocycles. The number of pyridine rings is 1. The molecule has 1 saturated carbocycles. The minimum atomic E-state index is -0.0309. The van der Waals surface area contributed by atoms with Gasteiger partial charge in [-0.3, -0.25) is 9.98 Å². The second kappa shape index (κ2) is 11.6. The number of guanidine groups is 1. The van der Waals surface area contributed by atoms with Gasteiger partial charge in [-0.05, 0) is 31.4 Å². The van der Waals surface area contributed by atoms with Crippen LogP contribution in [0.4, 0.5) is 0 Å². The summed E-state index contributed by atoms with van der Waals surface area (Å²) in [4.78, 5) is 8.63. The molecule has 1 heterocycles. The van der Waals surface area contributed by atoms with E-state index < -0.39 is 0 Å². The van der Waals surface area contributed by atoms with E-state index in [1.54, 1.807) is 7.05 Å². The molecule has 0 bridgehead atoms. The lowest BCUT2D eigenvalue weighted by atomic mass is 9.84. The molecule has 0 atom stereocenters. The van der Waals surface area contributed by atoms with E-state index in [1.165, 1.54) is 19.3 Å². The normalized spacial score (nSPS) is 17.0. The highest BCUT2D eigenvalue weighted by Gasteiger charge is 2.32. The lowest BCUT2D eigenvalue weighted by Crippen LogP contribution is -2.49. The van der Waals surface area contributed by atoms with Crippen molar-refractivity contribution in [2.24, 2.45) is 4.99 Å². The standard InChI is InChI=1S/C18H30N4O.HI/c1-3-13-23-18(10-6-4-7-11-18)15-22-17(19-2)21-14-16-9-5-8-12-20-16;/h5,8-9,12H,3-4,6-7,10-11,13-15H2,1-2H3,(H2,19,21,22);1H. The second-order valence-electron chi connectivity index (χ2n) is 6.19. The summed E-state index contributed by atoms with van der Waals surface area (Å²) in [7, 11) is 1.80. The van der Waals surface area contributed by atoms with Crippen molar-refractivity contribution >= 4 is 29.9 Å². The van der Waals surface area contributed by atoms with E-state index in [-0.39, 0.29) is 29.6 Å².